The summed E-state index contributed by atoms with van der Waals surface area (Å²) in [5.74, 6) is -0.758. The van der Waals surface area contributed by atoms with Gasteiger partial charge in [-0.25, -0.2) is 14.4 Å². The van der Waals surface area contributed by atoms with E-state index in [0.717, 1.165) is 36.0 Å². The summed E-state index contributed by atoms with van der Waals surface area (Å²) >= 11 is 0. The number of ether oxygens (including phenoxy) is 2. The van der Waals surface area contributed by atoms with E-state index in [1.54, 1.807) is 6.33 Å². The first-order valence-corrected chi connectivity index (χ1v) is 10.5. The molecule has 2 aromatic heterocycles. The fourth-order valence-corrected chi connectivity index (χ4v) is 4.72. The maximum atomic E-state index is 14.7. The Hall–Kier alpha value is -2.81. The van der Waals surface area contributed by atoms with E-state index in [9.17, 15) is 13.2 Å². The summed E-state index contributed by atoms with van der Waals surface area (Å²) in [6.07, 6.45) is 6.34. The van der Waals surface area contributed by atoms with Gasteiger partial charge < -0.3 is 19.4 Å². The smallest absolute Gasteiger partial charge is 0.387 e. The van der Waals surface area contributed by atoms with Crippen molar-refractivity contribution in [3.8, 4) is 11.5 Å². The van der Waals surface area contributed by atoms with Gasteiger partial charge in [0.1, 0.15) is 23.8 Å². The van der Waals surface area contributed by atoms with Crippen LogP contribution in [0.15, 0.2) is 24.7 Å². The van der Waals surface area contributed by atoms with Crippen molar-refractivity contribution in [2.24, 2.45) is 0 Å². The molecule has 1 aliphatic heterocycles. The van der Waals surface area contributed by atoms with E-state index in [0.29, 0.717) is 36.4 Å². The van der Waals surface area contributed by atoms with Gasteiger partial charge in [-0.3, -0.25) is 0 Å². The molecular weight excluding hydrogens is 409 g/mol. The Balaban J connectivity index is 1.40. The van der Waals surface area contributed by atoms with Crippen molar-refractivity contribution in [2.75, 3.05) is 6.54 Å². The van der Waals surface area contributed by atoms with Crippen LogP contribution in [0.2, 0.25) is 0 Å². The molecule has 1 fully saturated rings. The number of fused-ring (bicyclic) bond motifs is 2. The third-order valence-corrected chi connectivity index (χ3v) is 6.23. The molecule has 5 rings (SSSR count). The lowest BCUT2D eigenvalue weighted by Gasteiger charge is -2.25. The minimum atomic E-state index is -3.09. The van der Waals surface area contributed by atoms with Gasteiger partial charge in [-0.15, -0.1) is 0 Å². The highest BCUT2D eigenvalue weighted by Crippen LogP contribution is 2.39. The third-order valence-electron chi connectivity index (χ3n) is 6.23. The number of rotatable bonds is 5. The molecule has 2 atom stereocenters. The topological polar surface area (TPSA) is 61.2 Å². The van der Waals surface area contributed by atoms with Crippen molar-refractivity contribution < 1.29 is 22.6 Å². The molecule has 3 heterocycles. The van der Waals surface area contributed by atoms with Crippen LogP contribution in [0.3, 0.4) is 0 Å². The van der Waals surface area contributed by atoms with Crippen molar-refractivity contribution in [1.29, 1.82) is 0 Å². The summed E-state index contributed by atoms with van der Waals surface area (Å²) in [5.41, 5.74) is 2.91. The highest BCUT2D eigenvalue weighted by atomic mass is 19.3. The minimum Gasteiger partial charge on any atom is -0.490 e. The molecule has 9 heteroatoms. The summed E-state index contributed by atoms with van der Waals surface area (Å²) in [6, 6.07) is 3.50. The SMILES string of the molecule is Cc1ncnc2c1ccn2C1CCC(Oc2cc(OC(F)F)c(F)c3c2CNCC3)C1. The third kappa shape index (κ3) is 3.71. The van der Waals surface area contributed by atoms with Gasteiger partial charge in [0.2, 0.25) is 0 Å². The van der Waals surface area contributed by atoms with Crippen LogP contribution in [-0.2, 0) is 13.0 Å². The number of alkyl halides is 2. The first-order valence-electron chi connectivity index (χ1n) is 10.5. The average molecular weight is 432 g/mol. The molecule has 0 bridgehead atoms. The normalized spacial score (nSPS) is 20.9. The van der Waals surface area contributed by atoms with E-state index in [-0.39, 0.29) is 12.1 Å². The lowest BCUT2D eigenvalue weighted by molar-refractivity contribution is -0.0524. The fourth-order valence-electron chi connectivity index (χ4n) is 4.72. The molecular formula is C22H23F3N4O2. The molecule has 1 aliphatic carbocycles. The highest BCUT2D eigenvalue weighted by Gasteiger charge is 2.31. The van der Waals surface area contributed by atoms with Crippen LogP contribution >= 0.6 is 0 Å². The molecule has 6 nitrogen and oxygen atoms in total. The van der Waals surface area contributed by atoms with Crippen LogP contribution in [0.5, 0.6) is 11.5 Å². The van der Waals surface area contributed by atoms with Crippen LogP contribution in [0.1, 0.15) is 42.1 Å². The lowest BCUT2D eigenvalue weighted by Crippen LogP contribution is -2.26. The molecule has 2 unspecified atom stereocenters. The van der Waals surface area contributed by atoms with Crippen molar-refractivity contribution >= 4 is 11.0 Å². The van der Waals surface area contributed by atoms with Crippen LogP contribution < -0.4 is 14.8 Å². The van der Waals surface area contributed by atoms with Gasteiger partial charge in [0, 0.05) is 47.8 Å². The van der Waals surface area contributed by atoms with Crippen LogP contribution in [0.25, 0.3) is 11.0 Å². The number of aromatic nitrogens is 3. The standard InChI is InChI=1S/C22H23F3N4O2/c1-12-15-5-7-29(21(15)28-11-27-12)13-2-3-14(8-13)30-18-9-19(31-22(24)25)20(23)16-4-6-26-10-17(16)18/h5,7,9,11,13-14,22,26H,2-4,6,8,10H2,1H3. The van der Waals surface area contributed by atoms with Crippen molar-refractivity contribution in [1.82, 2.24) is 19.9 Å². The van der Waals surface area contributed by atoms with Crippen LogP contribution in [-0.4, -0.2) is 33.8 Å². The second-order valence-electron chi connectivity index (χ2n) is 8.08. The average Bonchev–Trinajstić information content (AvgIpc) is 3.39. The van der Waals surface area contributed by atoms with Crippen molar-refractivity contribution in [3.63, 3.8) is 0 Å². The lowest BCUT2D eigenvalue weighted by atomic mass is 9.98. The van der Waals surface area contributed by atoms with E-state index in [4.69, 9.17) is 4.74 Å². The van der Waals surface area contributed by atoms with Crippen LogP contribution in [0, 0.1) is 12.7 Å². The fraction of sp³-hybridized carbons (Fsp3) is 0.455. The second-order valence-corrected chi connectivity index (χ2v) is 8.08. The summed E-state index contributed by atoms with van der Waals surface area (Å²) in [4.78, 5) is 8.68. The van der Waals surface area contributed by atoms with Gasteiger partial charge >= 0.3 is 6.61 Å². The molecule has 1 saturated carbocycles. The summed E-state index contributed by atoms with van der Waals surface area (Å²) in [6.45, 7) is -0.120. The van der Waals surface area contributed by atoms with E-state index >= 15 is 0 Å². The Morgan fingerprint density at radius 3 is 2.90 bits per heavy atom. The molecule has 1 aromatic carbocycles. The van der Waals surface area contributed by atoms with Gasteiger partial charge in [0.15, 0.2) is 11.6 Å². The summed E-state index contributed by atoms with van der Waals surface area (Å²) < 4.78 is 53.1. The predicted molar refractivity (Wildman–Crippen MR) is 108 cm³/mol. The van der Waals surface area contributed by atoms with Crippen molar-refractivity contribution in [3.05, 3.63) is 47.3 Å². The monoisotopic (exact) mass is 432 g/mol. The van der Waals surface area contributed by atoms with E-state index in [2.05, 4.69) is 24.6 Å². The predicted octanol–water partition coefficient (Wildman–Crippen LogP) is 4.30. The number of nitrogens with one attached hydrogen (secondary N) is 1. The molecule has 1 N–H and O–H groups in total. The zero-order chi connectivity index (χ0) is 21.5. The molecule has 0 saturated heterocycles. The Labute approximate surface area is 177 Å². The molecule has 3 aromatic rings. The number of benzene rings is 1. The van der Waals surface area contributed by atoms with Crippen LogP contribution in [0.4, 0.5) is 13.2 Å². The van der Waals surface area contributed by atoms with Crippen molar-refractivity contribution in [2.45, 2.75) is 57.9 Å². The zero-order valence-corrected chi connectivity index (χ0v) is 17.1. The quantitative estimate of drug-likeness (QED) is 0.652. The Morgan fingerprint density at radius 1 is 1.19 bits per heavy atom. The Bertz CT molecular complexity index is 1120. The number of hydrogen-bond acceptors (Lipinski definition) is 5. The number of halogens is 3. The van der Waals surface area contributed by atoms with E-state index in [1.165, 1.54) is 6.07 Å². The maximum absolute atomic E-state index is 14.7. The first kappa shape index (κ1) is 20.1. The largest absolute Gasteiger partial charge is 0.490 e. The highest BCUT2D eigenvalue weighted by molar-refractivity contribution is 5.78. The van der Waals surface area contributed by atoms with Gasteiger partial charge in [-0.2, -0.15) is 8.78 Å². The van der Waals surface area contributed by atoms with Gasteiger partial charge in [-0.1, -0.05) is 0 Å². The summed E-state index contributed by atoms with van der Waals surface area (Å²) in [7, 11) is 0. The maximum Gasteiger partial charge on any atom is 0.387 e. The Morgan fingerprint density at radius 2 is 2.06 bits per heavy atom. The minimum absolute atomic E-state index is 0.110. The number of aryl methyl sites for hydroxylation is 1. The van der Waals surface area contributed by atoms with Gasteiger partial charge in [0.05, 0.1) is 5.69 Å². The zero-order valence-electron chi connectivity index (χ0n) is 17.1. The van der Waals surface area contributed by atoms with Gasteiger partial charge in [0.25, 0.3) is 0 Å². The molecule has 0 spiro atoms. The first-order chi connectivity index (χ1) is 15.0. The molecule has 164 valence electrons. The second kappa shape index (κ2) is 8.03. The molecule has 0 amide bonds. The molecule has 2 aliphatic rings. The Kier molecular flexibility index (Phi) is 5.21. The van der Waals surface area contributed by atoms with E-state index < -0.39 is 18.2 Å². The molecule has 0 radical (unpaired) electrons. The van der Waals surface area contributed by atoms with Gasteiger partial charge in [-0.05, 0) is 38.8 Å². The number of hydrogen-bond donors (Lipinski definition) is 1. The number of nitrogens with zero attached hydrogens (tertiary/aromatic N) is 3. The summed E-state index contributed by atoms with van der Waals surface area (Å²) in [5, 5.41) is 4.22. The van der Waals surface area contributed by atoms with E-state index in [1.807, 2.05) is 19.2 Å². The molecule has 31 heavy (non-hydrogen) atoms.